The van der Waals surface area contributed by atoms with Crippen molar-refractivity contribution in [1.29, 1.82) is 0 Å². The molecule has 1 atom stereocenters. The first-order chi connectivity index (χ1) is 7.66. The monoisotopic (exact) mass is 315 g/mol. The van der Waals surface area contributed by atoms with Gasteiger partial charge in [-0.05, 0) is 45.8 Å². The molecule has 4 heteroatoms. The number of nitrogens with zero attached hydrogens (tertiary/aromatic N) is 1. The topological polar surface area (TPSA) is 12.9 Å². The summed E-state index contributed by atoms with van der Waals surface area (Å²) in [7, 11) is 0. The first-order valence-corrected chi connectivity index (χ1v) is 6.28. The van der Waals surface area contributed by atoms with Crippen LogP contribution in [0.2, 0.25) is 5.02 Å². The van der Waals surface area contributed by atoms with Gasteiger partial charge in [0.1, 0.15) is 5.38 Å². The van der Waals surface area contributed by atoms with E-state index in [1.807, 2.05) is 36.4 Å². The fourth-order valence-electron chi connectivity index (χ4n) is 1.34. The molecule has 2 aromatic rings. The predicted molar refractivity (Wildman–Crippen MR) is 71.1 cm³/mol. The average Bonchev–Trinajstić information content (AvgIpc) is 2.30. The molecule has 0 aliphatic rings. The number of aromatic nitrogens is 1. The molecule has 1 nitrogen and oxygen atoms in total. The summed E-state index contributed by atoms with van der Waals surface area (Å²) >= 11 is 15.5. The average molecular weight is 317 g/mol. The zero-order valence-electron chi connectivity index (χ0n) is 8.20. The van der Waals surface area contributed by atoms with Crippen LogP contribution >= 0.6 is 39.1 Å². The summed E-state index contributed by atoms with van der Waals surface area (Å²) in [4.78, 5) is 4.27. The Balaban J connectivity index is 2.28. The molecule has 1 aromatic heterocycles. The van der Waals surface area contributed by atoms with Gasteiger partial charge in [0.15, 0.2) is 0 Å². The lowest BCUT2D eigenvalue weighted by Gasteiger charge is -2.09. The van der Waals surface area contributed by atoms with Crippen molar-refractivity contribution < 1.29 is 0 Å². The molecule has 82 valence electrons. The van der Waals surface area contributed by atoms with Crippen molar-refractivity contribution in [2.24, 2.45) is 0 Å². The summed E-state index contributed by atoms with van der Waals surface area (Å²) in [6, 6.07) is 11.3. The van der Waals surface area contributed by atoms with E-state index in [9.17, 15) is 0 Å². The SMILES string of the molecule is Clc1ccc(C(Cl)c2ccc(Br)cn2)cc1. The van der Waals surface area contributed by atoms with Gasteiger partial charge in [0.2, 0.25) is 0 Å². The van der Waals surface area contributed by atoms with Gasteiger partial charge in [-0.3, -0.25) is 4.98 Å². The van der Waals surface area contributed by atoms with Gasteiger partial charge in [-0.25, -0.2) is 0 Å². The molecular formula is C12H8BrCl2N. The lowest BCUT2D eigenvalue weighted by atomic mass is 10.1. The number of pyridine rings is 1. The summed E-state index contributed by atoms with van der Waals surface area (Å²) in [5.74, 6) is 0. The van der Waals surface area contributed by atoms with Crippen molar-refractivity contribution >= 4 is 39.1 Å². The Hall–Kier alpha value is -0.570. The van der Waals surface area contributed by atoms with Crippen molar-refractivity contribution in [3.63, 3.8) is 0 Å². The highest BCUT2D eigenvalue weighted by Crippen LogP contribution is 2.28. The quantitative estimate of drug-likeness (QED) is 0.723. The third-order valence-corrected chi connectivity index (χ3v) is 3.37. The lowest BCUT2D eigenvalue weighted by Crippen LogP contribution is -1.95. The van der Waals surface area contributed by atoms with Gasteiger partial charge in [0.05, 0.1) is 5.69 Å². The minimum atomic E-state index is -0.245. The number of halogens is 3. The summed E-state index contributed by atoms with van der Waals surface area (Å²) < 4.78 is 0.941. The van der Waals surface area contributed by atoms with Crippen molar-refractivity contribution in [3.8, 4) is 0 Å². The molecule has 16 heavy (non-hydrogen) atoms. The number of alkyl halides is 1. The molecule has 0 amide bonds. The number of benzene rings is 1. The smallest absolute Gasteiger partial charge is 0.101 e. The van der Waals surface area contributed by atoms with Crippen molar-refractivity contribution in [3.05, 3.63) is 63.3 Å². The van der Waals surface area contributed by atoms with Gasteiger partial charge in [-0.15, -0.1) is 11.6 Å². The van der Waals surface area contributed by atoms with E-state index >= 15 is 0 Å². The van der Waals surface area contributed by atoms with Gasteiger partial charge < -0.3 is 0 Å². The molecule has 1 aromatic carbocycles. The maximum atomic E-state index is 6.32. The van der Waals surface area contributed by atoms with E-state index in [-0.39, 0.29) is 5.38 Å². The molecule has 0 saturated heterocycles. The second kappa shape index (κ2) is 5.17. The van der Waals surface area contributed by atoms with Crippen LogP contribution in [0.5, 0.6) is 0 Å². The molecule has 0 aliphatic heterocycles. The third-order valence-electron chi connectivity index (χ3n) is 2.17. The van der Waals surface area contributed by atoms with Crippen LogP contribution < -0.4 is 0 Å². The Bertz CT molecular complexity index is 422. The summed E-state index contributed by atoms with van der Waals surface area (Å²) in [6.45, 7) is 0. The van der Waals surface area contributed by atoms with Crippen LogP contribution in [-0.2, 0) is 0 Å². The van der Waals surface area contributed by atoms with Crippen molar-refractivity contribution in [1.82, 2.24) is 4.98 Å². The molecule has 0 fully saturated rings. The highest BCUT2D eigenvalue weighted by Gasteiger charge is 2.11. The third kappa shape index (κ3) is 2.76. The highest BCUT2D eigenvalue weighted by atomic mass is 79.9. The van der Waals surface area contributed by atoms with Gasteiger partial charge in [0.25, 0.3) is 0 Å². The molecule has 0 saturated carbocycles. The highest BCUT2D eigenvalue weighted by molar-refractivity contribution is 9.10. The maximum Gasteiger partial charge on any atom is 0.101 e. The van der Waals surface area contributed by atoms with Gasteiger partial charge in [-0.2, -0.15) is 0 Å². The second-order valence-electron chi connectivity index (χ2n) is 3.32. The molecule has 1 heterocycles. The molecule has 0 bridgehead atoms. The van der Waals surface area contributed by atoms with Gasteiger partial charge >= 0.3 is 0 Å². The Morgan fingerprint density at radius 1 is 1.06 bits per heavy atom. The maximum absolute atomic E-state index is 6.32. The standard InChI is InChI=1S/C12H8BrCl2N/c13-9-3-6-11(16-7-9)12(15)8-1-4-10(14)5-2-8/h1-7,12H. The van der Waals surface area contributed by atoms with Crippen LogP contribution in [0.4, 0.5) is 0 Å². The first kappa shape index (κ1) is 11.9. The normalized spacial score (nSPS) is 12.4. The van der Waals surface area contributed by atoms with E-state index in [4.69, 9.17) is 23.2 Å². The Morgan fingerprint density at radius 2 is 1.75 bits per heavy atom. The zero-order valence-corrected chi connectivity index (χ0v) is 11.3. The minimum Gasteiger partial charge on any atom is -0.258 e. The molecule has 0 aliphatic carbocycles. The zero-order chi connectivity index (χ0) is 11.5. The van der Waals surface area contributed by atoms with E-state index in [0.717, 1.165) is 15.7 Å². The molecule has 1 unspecified atom stereocenters. The van der Waals surface area contributed by atoms with Gasteiger partial charge in [0, 0.05) is 15.7 Å². The number of hydrogen-bond donors (Lipinski definition) is 0. The van der Waals surface area contributed by atoms with E-state index in [1.165, 1.54) is 0 Å². The van der Waals surface area contributed by atoms with Crippen LogP contribution in [0.25, 0.3) is 0 Å². The minimum absolute atomic E-state index is 0.245. The molecule has 0 radical (unpaired) electrons. The fraction of sp³-hybridized carbons (Fsp3) is 0.0833. The van der Waals surface area contributed by atoms with Crippen LogP contribution in [0, 0.1) is 0 Å². The van der Waals surface area contributed by atoms with E-state index in [1.54, 1.807) is 6.20 Å². The van der Waals surface area contributed by atoms with Crippen LogP contribution in [0.15, 0.2) is 47.1 Å². The number of hydrogen-bond acceptors (Lipinski definition) is 1. The first-order valence-electron chi connectivity index (χ1n) is 4.68. The molecular weight excluding hydrogens is 309 g/mol. The molecule has 0 spiro atoms. The van der Waals surface area contributed by atoms with Crippen molar-refractivity contribution in [2.45, 2.75) is 5.38 Å². The van der Waals surface area contributed by atoms with E-state index < -0.39 is 0 Å². The van der Waals surface area contributed by atoms with Crippen LogP contribution in [-0.4, -0.2) is 4.98 Å². The molecule has 0 N–H and O–H groups in total. The van der Waals surface area contributed by atoms with Crippen LogP contribution in [0.1, 0.15) is 16.6 Å². The Labute approximate surface area is 113 Å². The van der Waals surface area contributed by atoms with E-state index in [2.05, 4.69) is 20.9 Å². The lowest BCUT2D eigenvalue weighted by molar-refractivity contribution is 1.03. The van der Waals surface area contributed by atoms with E-state index in [0.29, 0.717) is 5.02 Å². The van der Waals surface area contributed by atoms with Gasteiger partial charge in [-0.1, -0.05) is 23.7 Å². The summed E-state index contributed by atoms with van der Waals surface area (Å²) in [5.41, 5.74) is 1.81. The largest absolute Gasteiger partial charge is 0.258 e. The Kier molecular flexibility index (Phi) is 3.85. The Morgan fingerprint density at radius 3 is 2.31 bits per heavy atom. The van der Waals surface area contributed by atoms with Crippen molar-refractivity contribution in [2.75, 3.05) is 0 Å². The molecule has 2 rings (SSSR count). The number of rotatable bonds is 2. The fourth-order valence-corrected chi connectivity index (χ4v) is 1.97. The summed E-state index contributed by atoms with van der Waals surface area (Å²) in [6.07, 6.45) is 1.74. The predicted octanol–water partition coefficient (Wildman–Crippen LogP) is 4.83. The van der Waals surface area contributed by atoms with Crippen LogP contribution in [0.3, 0.4) is 0 Å². The second-order valence-corrected chi connectivity index (χ2v) is 5.10. The summed E-state index contributed by atoms with van der Waals surface area (Å²) in [5, 5.41) is 0.460.